The molecule has 1 aliphatic rings. The molecular formula is C15H21ClN2. The van der Waals surface area contributed by atoms with Crippen molar-refractivity contribution >= 4 is 12.4 Å². The summed E-state index contributed by atoms with van der Waals surface area (Å²) in [6.07, 6.45) is 3.77. The van der Waals surface area contributed by atoms with Crippen LogP contribution in [0.5, 0.6) is 0 Å². The van der Waals surface area contributed by atoms with Crippen molar-refractivity contribution in [1.82, 2.24) is 4.90 Å². The Kier molecular flexibility index (Phi) is 6.18. The highest BCUT2D eigenvalue weighted by molar-refractivity contribution is 5.85. The van der Waals surface area contributed by atoms with E-state index in [1.807, 2.05) is 12.1 Å². The average Bonchev–Trinajstić information content (AvgIpc) is 2.40. The summed E-state index contributed by atoms with van der Waals surface area (Å²) in [5, 5.41) is 8.94. The predicted molar refractivity (Wildman–Crippen MR) is 77.1 cm³/mol. The summed E-state index contributed by atoms with van der Waals surface area (Å²) in [5.74, 6) is 0.614. The van der Waals surface area contributed by atoms with Gasteiger partial charge in [-0.05, 0) is 56.0 Å². The Morgan fingerprint density at radius 3 is 3.00 bits per heavy atom. The van der Waals surface area contributed by atoms with Gasteiger partial charge in [0.05, 0.1) is 11.6 Å². The zero-order valence-corrected chi connectivity index (χ0v) is 11.7. The molecule has 0 amide bonds. The molecule has 0 N–H and O–H groups in total. The van der Waals surface area contributed by atoms with Gasteiger partial charge in [-0.25, -0.2) is 0 Å². The summed E-state index contributed by atoms with van der Waals surface area (Å²) in [7, 11) is 0. The molecule has 3 heteroatoms. The molecule has 1 aromatic rings. The van der Waals surface area contributed by atoms with Gasteiger partial charge in [0.25, 0.3) is 0 Å². The number of likely N-dealkylation sites (tertiary alicyclic amines) is 1. The minimum atomic E-state index is 0. The van der Waals surface area contributed by atoms with Gasteiger partial charge in [0.15, 0.2) is 0 Å². The second-order valence-electron chi connectivity index (χ2n) is 4.88. The molecule has 1 aromatic carbocycles. The first-order valence-corrected chi connectivity index (χ1v) is 6.56. The van der Waals surface area contributed by atoms with Crippen molar-refractivity contribution in [3.63, 3.8) is 0 Å². The summed E-state index contributed by atoms with van der Waals surface area (Å²) in [6.45, 7) is 5.83. The van der Waals surface area contributed by atoms with Gasteiger partial charge in [-0.3, -0.25) is 0 Å². The Morgan fingerprint density at radius 2 is 2.28 bits per heavy atom. The standard InChI is InChI=1S/C15H20N2.ClH/c1-2-8-17-9-4-7-15(12-17)14-6-3-5-13(10-14)11-16;/h3,5-6,10,15H,2,4,7-9,12H2,1H3;1H. The molecule has 1 heterocycles. The second kappa shape index (κ2) is 7.41. The third kappa shape index (κ3) is 3.73. The van der Waals surface area contributed by atoms with Crippen molar-refractivity contribution in [2.24, 2.45) is 0 Å². The van der Waals surface area contributed by atoms with E-state index in [1.165, 1.54) is 37.9 Å². The fourth-order valence-electron chi connectivity index (χ4n) is 2.71. The molecule has 1 saturated heterocycles. The number of halogens is 1. The molecule has 1 atom stereocenters. The van der Waals surface area contributed by atoms with E-state index in [0.29, 0.717) is 5.92 Å². The van der Waals surface area contributed by atoms with Crippen LogP contribution >= 0.6 is 12.4 Å². The van der Waals surface area contributed by atoms with Crippen molar-refractivity contribution in [2.75, 3.05) is 19.6 Å². The first kappa shape index (κ1) is 15.0. The molecule has 0 aromatic heterocycles. The molecule has 0 saturated carbocycles. The van der Waals surface area contributed by atoms with Crippen LogP contribution in [-0.2, 0) is 0 Å². The Hall–Kier alpha value is -1.04. The molecule has 2 nitrogen and oxygen atoms in total. The Bertz CT molecular complexity index is 409. The topological polar surface area (TPSA) is 27.0 Å². The maximum atomic E-state index is 8.94. The zero-order valence-electron chi connectivity index (χ0n) is 10.9. The van der Waals surface area contributed by atoms with E-state index in [2.05, 4.69) is 30.0 Å². The Labute approximate surface area is 116 Å². The summed E-state index contributed by atoms with van der Waals surface area (Å²) < 4.78 is 0. The van der Waals surface area contributed by atoms with Crippen molar-refractivity contribution < 1.29 is 0 Å². The predicted octanol–water partition coefficient (Wildman–Crippen LogP) is 3.57. The van der Waals surface area contributed by atoms with Crippen molar-refractivity contribution in [3.8, 4) is 6.07 Å². The second-order valence-corrected chi connectivity index (χ2v) is 4.88. The number of nitrogens with zero attached hydrogens (tertiary/aromatic N) is 2. The number of hydrogen-bond acceptors (Lipinski definition) is 2. The SMILES string of the molecule is CCCN1CCCC(c2cccc(C#N)c2)C1.Cl. The third-order valence-electron chi connectivity index (χ3n) is 3.53. The van der Waals surface area contributed by atoms with E-state index in [-0.39, 0.29) is 12.4 Å². The molecule has 0 aliphatic carbocycles. The normalized spacial score (nSPS) is 19.9. The molecule has 0 spiro atoms. The maximum Gasteiger partial charge on any atom is 0.0991 e. The van der Waals surface area contributed by atoms with Gasteiger partial charge < -0.3 is 4.90 Å². The fourth-order valence-corrected chi connectivity index (χ4v) is 2.71. The van der Waals surface area contributed by atoms with E-state index in [0.717, 1.165) is 12.1 Å². The van der Waals surface area contributed by atoms with Gasteiger partial charge in [-0.15, -0.1) is 12.4 Å². The minimum absolute atomic E-state index is 0. The highest BCUT2D eigenvalue weighted by Gasteiger charge is 2.20. The van der Waals surface area contributed by atoms with E-state index < -0.39 is 0 Å². The Balaban J connectivity index is 0.00000162. The van der Waals surface area contributed by atoms with Crippen LogP contribution in [-0.4, -0.2) is 24.5 Å². The number of nitriles is 1. The van der Waals surface area contributed by atoms with Gasteiger partial charge in [0.1, 0.15) is 0 Å². The number of benzene rings is 1. The van der Waals surface area contributed by atoms with Crippen molar-refractivity contribution in [2.45, 2.75) is 32.1 Å². The quantitative estimate of drug-likeness (QED) is 0.835. The summed E-state index contributed by atoms with van der Waals surface area (Å²) in [4.78, 5) is 2.55. The Morgan fingerprint density at radius 1 is 1.44 bits per heavy atom. The first-order chi connectivity index (χ1) is 8.33. The minimum Gasteiger partial charge on any atom is -0.303 e. The first-order valence-electron chi connectivity index (χ1n) is 6.56. The molecular weight excluding hydrogens is 244 g/mol. The van der Waals surface area contributed by atoms with Crippen LogP contribution in [0.2, 0.25) is 0 Å². The number of rotatable bonds is 3. The molecule has 1 unspecified atom stereocenters. The van der Waals surface area contributed by atoms with Crippen LogP contribution in [0, 0.1) is 11.3 Å². The largest absolute Gasteiger partial charge is 0.303 e. The van der Waals surface area contributed by atoms with Crippen molar-refractivity contribution in [3.05, 3.63) is 35.4 Å². The lowest BCUT2D eigenvalue weighted by Crippen LogP contribution is -2.34. The molecule has 0 radical (unpaired) electrons. The average molecular weight is 265 g/mol. The van der Waals surface area contributed by atoms with E-state index >= 15 is 0 Å². The van der Waals surface area contributed by atoms with Crippen LogP contribution < -0.4 is 0 Å². The van der Waals surface area contributed by atoms with E-state index in [4.69, 9.17) is 5.26 Å². The van der Waals surface area contributed by atoms with Gasteiger partial charge in [0, 0.05) is 6.54 Å². The lowest BCUT2D eigenvalue weighted by atomic mass is 9.90. The van der Waals surface area contributed by atoms with Gasteiger partial charge >= 0.3 is 0 Å². The molecule has 0 bridgehead atoms. The smallest absolute Gasteiger partial charge is 0.0991 e. The zero-order chi connectivity index (χ0) is 12.1. The molecule has 2 rings (SSSR count). The summed E-state index contributed by atoms with van der Waals surface area (Å²) in [6, 6.07) is 10.3. The molecule has 18 heavy (non-hydrogen) atoms. The van der Waals surface area contributed by atoms with Crippen LogP contribution in [0.1, 0.15) is 43.2 Å². The summed E-state index contributed by atoms with van der Waals surface area (Å²) in [5.41, 5.74) is 2.12. The van der Waals surface area contributed by atoms with E-state index in [1.54, 1.807) is 0 Å². The molecule has 1 fully saturated rings. The molecule has 1 aliphatic heterocycles. The third-order valence-corrected chi connectivity index (χ3v) is 3.53. The summed E-state index contributed by atoms with van der Waals surface area (Å²) >= 11 is 0. The molecule has 98 valence electrons. The lowest BCUT2D eigenvalue weighted by Gasteiger charge is -2.32. The lowest BCUT2D eigenvalue weighted by molar-refractivity contribution is 0.208. The van der Waals surface area contributed by atoms with Gasteiger partial charge in [0.2, 0.25) is 0 Å². The van der Waals surface area contributed by atoms with Crippen LogP contribution in [0.4, 0.5) is 0 Å². The van der Waals surface area contributed by atoms with Crippen LogP contribution in [0.25, 0.3) is 0 Å². The number of hydrogen-bond donors (Lipinski definition) is 0. The van der Waals surface area contributed by atoms with E-state index in [9.17, 15) is 0 Å². The van der Waals surface area contributed by atoms with Gasteiger partial charge in [-0.2, -0.15) is 5.26 Å². The fraction of sp³-hybridized carbons (Fsp3) is 0.533. The van der Waals surface area contributed by atoms with Gasteiger partial charge in [-0.1, -0.05) is 19.1 Å². The highest BCUT2D eigenvalue weighted by atomic mass is 35.5. The maximum absolute atomic E-state index is 8.94. The highest BCUT2D eigenvalue weighted by Crippen LogP contribution is 2.27. The monoisotopic (exact) mass is 264 g/mol. The van der Waals surface area contributed by atoms with Crippen molar-refractivity contribution in [1.29, 1.82) is 5.26 Å². The van der Waals surface area contributed by atoms with Crippen LogP contribution in [0.15, 0.2) is 24.3 Å². The van der Waals surface area contributed by atoms with Crippen LogP contribution in [0.3, 0.4) is 0 Å². The number of piperidine rings is 1.